The van der Waals surface area contributed by atoms with Gasteiger partial charge in [0.15, 0.2) is 0 Å². The molecule has 0 radical (unpaired) electrons. The van der Waals surface area contributed by atoms with Crippen LogP contribution >= 0.6 is 11.8 Å². The molecule has 104 valence electrons. The summed E-state index contributed by atoms with van der Waals surface area (Å²) in [7, 11) is 0. The third-order valence-corrected chi connectivity index (χ3v) is 4.52. The van der Waals surface area contributed by atoms with Crippen LogP contribution in [0.1, 0.15) is 36.8 Å². The van der Waals surface area contributed by atoms with Gasteiger partial charge in [-0.2, -0.15) is 11.8 Å². The van der Waals surface area contributed by atoms with Gasteiger partial charge in [-0.3, -0.25) is 0 Å². The number of carbonyl (C=O) groups is 1. The summed E-state index contributed by atoms with van der Waals surface area (Å²) in [6, 6.07) is 3.35. The standard InChI is InChI=1S/C14H20N2O2S/c1-4-11-7-10(13(17)18)8-12(15-11)16-5-6-19-14(2,3)9-16/h7-8H,4-6,9H2,1-3H3,(H,17,18). The van der Waals surface area contributed by atoms with E-state index in [0.29, 0.717) is 5.56 Å². The Kier molecular flexibility index (Phi) is 4.04. The first kappa shape index (κ1) is 14.2. The maximum atomic E-state index is 11.2. The molecular formula is C14H20N2O2S. The topological polar surface area (TPSA) is 53.4 Å². The normalized spacial score (nSPS) is 18.4. The summed E-state index contributed by atoms with van der Waals surface area (Å²) >= 11 is 1.95. The number of pyridine rings is 1. The van der Waals surface area contributed by atoms with Gasteiger partial charge in [0, 0.05) is 29.3 Å². The summed E-state index contributed by atoms with van der Waals surface area (Å²) in [5, 5.41) is 9.18. The third kappa shape index (κ3) is 3.41. The smallest absolute Gasteiger partial charge is 0.335 e. The molecule has 0 aromatic carbocycles. The highest BCUT2D eigenvalue weighted by molar-refractivity contribution is 8.00. The lowest BCUT2D eigenvalue weighted by molar-refractivity contribution is 0.0696. The van der Waals surface area contributed by atoms with E-state index in [9.17, 15) is 9.90 Å². The highest BCUT2D eigenvalue weighted by Gasteiger charge is 2.28. The van der Waals surface area contributed by atoms with E-state index in [1.54, 1.807) is 12.1 Å². The highest BCUT2D eigenvalue weighted by Crippen LogP contribution is 2.31. The number of aryl methyl sites for hydroxylation is 1. The van der Waals surface area contributed by atoms with Crippen molar-refractivity contribution in [1.29, 1.82) is 0 Å². The molecule has 0 atom stereocenters. The number of carboxylic acids is 1. The Morgan fingerprint density at radius 3 is 2.84 bits per heavy atom. The first-order chi connectivity index (χ1) is 8.91. The van der Waals surface area contributed by atoms with Crippen LogP contribution in [0.4, 0.5) is 5.82 Å². The second-order valence-corrected chi connectivity index (χ2v) is 7.20. The maximum absolute atomic E-state index is 11.2. The molecule has 0 amide bonds. The van der Waals surface area contributed by atoms with Gasteiger partial charge in [-0.05, 0) is 32.4 Å². The summed E-state index contributed by atoms with van der Waals surface area (Å²) in [4.78, 5) is 18.0. The van der Waals surface area contributed by atoms with Crippen LogP contribution in [0.25, 0.3) is 0 Å². The van der Waals surface area contributed by atoms with Gasteiger partial charge in [-0.25, -0.2) is 9.78 Å². The third-order valence-electron chi connectivity index (χ3n) is 3.22. The Balaban J connectivity index is 2.33. The average molecular weight is 280 g/mol. The Labute approximate surface area is 118 Å². The number of rotatable bonds is 3. The fourth-order valence-corrected chi connectivity index (χ4v) is 3.36. The SMILES string of the molecule is CCc1cc(C(=O)O)cc(N2CCSC(C)(C)C2)n1. The van der Waals surface area contributed by atoms with E-state index in [1.807, 2.05) is 18.7 Å². The number of hydrogen-bond donors (Lipinski definition) is 1. The van der Waals surface area contributed by atoms with E-state index in [0.717, 1.165) is 36.8 Å². The van der Waals surface area contributed by atoms with E-state index >= 15 is 0 Å². The second-order valence-electron chi connectivity index (χ2n) is 5.39. The number of aromatic nitrogens is 1. The molecule has 0 saturated carbocycles. The van der Waals surface area contributed by atoms with Gasteiger partial charge in [-0.1, -0.05) is 6.92 Å². The summed E-state index contributed by atoms with van der Waals surface area (Å²) in [6.07, 6.45) is 0.750. The van der Waals surface area contributed by atoms with Gasteiger partial charge >= 0.3 is 5.97 Å². The van der Waals surface area contributed by atoms with Crippen LogP contribution in [0.5, 0.6) is 0 Å². The minimum absolute atomic E-state index is 0.186. The number of thioether (sulfide) groups is 1. The van der Waals surface area contributed by atoms with Crippen LogP contribution in [0.2, 0.25) is 0 Å². The Bertz CT molecular complexity index is 488. The van der Waals surface area contributed by atoms with Crippen molar-refractivity contribution in [2.24, 2.45) is 0 Å². The van der Waals surface area contributed by atoms with Crippen molar-refractivity contribution in [2.45, 2.75) is 31.9 Å². The van der Waals surface area contributed by atoms with Crippen molar-refractivity contribution in [3.8, 4) is 0 Å². The number of carboxylic acid groups (broad SMARTS) is 1. The monoisotopic (exact) mass is 280 g/mol. The van der Waals surface area contributed by atoms with Crippen molar-refractivity contribution < 1.29 is 9.90 Å². The van der Waals surface area contributed by atoms with Crippen molar-refractivity contribution in [2.75, 3.05) is 23.7 Å². The predicted octanol–water partition coefficient (Wildman–Crippen LogP) is 2.67. The zero-order valence-corrected chi connectivity index (χ0v) is 12.5. The quantitative estimate of drug-likeness (QED) is 0.922. The van der Waals surface area contributed by atoms with E-state index in [1.165, 1.54) is 0 Å². The van der Waals surface area contributed by atoms with Gasteiger partial charge in [-0.15, -0.1) is 0 Å². The molecule has 1 saturated heterocycles. The maximum Gasteiger partial charge on any atom is 0.335 e. The van der Waals surface area contributed by atoms with E-state index < -0.39 is 5.97 Å². The molecule has 0 aliphatic carbocycles. The molecule has 1 fully saturated rings. The molecule has 1 aliphatic rings. The lowest BCUT2D eigenvalue weighted by Crippen LogP contribution is -2.43. The van der Waals surface area contributed by atoms with Gasteiger partial charge in [0.05, 0.1) is 5.56 Å². The molecule has 0 spiro atoms. The summed E-state index contributed by atoms with van der Waals surface area (Å²) in [6.45, 7) is 8.25. The van der Waals surface area contributed by atoms with Crippen molar-refractivity contribution in [1.82, 2.24) is 4.98 Å². The lowest BCUT2D eigenvalue weighted by Gasteiger charge is -2.38. The average Bonchev–Trinajstić information content (AvgIpc) is 2.37. The van der Waals surface area contributed by atoms with Crippen LogP contribution in [-0.2, 0) is 6.42 Å². The van der Waals surface area contributed by atoms with E-state index in [2.05, 4.69) is 23.7 Å². The van der Waals surface area contributed by atoms with Gasteiger partial charge in [0.2, 0.25) is 0 Å². The number of hydrogen-bond acceptors (Lipinski definition) is 4. The highest BCUT2D eigenvalue weighted by atomic mass is 32.2. The molecule has 1 aromatic rings. The van der Waals surface area contributed by atoms with Gasteiger partial charge in [0.25, 0.3) is 0 Å². The number of aromatic carboxylic acids is 1. The molecule has 2 rings (SSSR count). The van der Waals surface area contributed by atoms with Crippen LogP contribution in [0.3, 0.4) is 0 Å². The zero-order chi connectivity index (χ0) is 14.0. The molecule has 19 heavy (non-hydrogen) atoms. The van der Waals surface area contributed by atoms with Crippen molar-refractivity contribution >= 4 is 23.5 Å². The summed E-state index contributed by atoms with van der Waals surface area (Å²) in [5.74, 6) is 0.960. The molecule has 1 aliphatic heterocycles. The molecule has 4 nitrogen and oxygen atoms in total. The summed E-state index contributed by atoms with van der Waals surface area (Å²) in [5.41, 5.74) is 1.17. The molecule has 1 N–H and O–H groups in total. The van der Waals surface area contributed by atoms with Crippen LogP contribution < -0.4 is 4.90 Å². The van der Waals surface area contributed by atoms with Crippen LogP contribution in [-0.4, -0.2) is 39.6 Å². The lowest BCUT2D eigenvalue weighted by atomic mass is 10.1. The Hall–Kier alpha value is -1.23. The zero-order valence-electron chi connectivity index (χ0n) is 11.6. The fourth-order valence-electron chi connectivity index (χ4n) is 2.25. The summed E-state index contributed by atoms with van der Waals surface area (Å²) < 4.78 is 0.186. The number of anilines is 1. The minimum Gasteiger partial charge on any atom is -0.478 e. The van der Waals surface area contributed by atoms with E-state index in [4.69, 9.17) is 0 Å². The van der Waals surface area contributed by atoms with Gasteiger partial charge in [0.1, 0.15) is 5.82 Å². The fraction of sp³-hybridized carbons (Fsp3) is 0.571. The molecule has 5 heteroatoms. The molecule has 1 aromatic heterocycles. The number of nitrogens with zero attached hydrogens (tertiary/aromatic N) is 2. The van der Waals surface area contributed by atoms with Crippen LogP contribution in [0, 0.1) is 0 Å². The van der Waals surface area contributed by atoms with Crippen molar-refractivity contribution in [3.05, 3.63) is 23.4 Å². The Morgan fingerprint density at radius 2 is 2.26 bits per heavy atom. The predicted molar refractivity (Wildman–Crippen MR) is 79.3 cm³/mol. The van der Waals surface area contributed by atoms with Gasteiger partial charge < -0.3 is 10.0 Å². The van der Waals surface area contributed by atoms with E-state index in [-0.39, 0.29) is 4.75 Å². The first-order valence-corrected chi connectivity index (χ1v) is 7.53. The first-order valence-electron chi connectivity index (χ1n) is 6.54. The second kappa shape index (κ2) is 5.41. The molecule has 0 bridgehead atoms. The van der Waals surface area contributed by atoms with Crippen molar-refractivity contribution in [3.63, 3.8) is 0 Å². The minimum atomic E-state index is -0.885. The Morgan fingerprint density at radius 1 is 1.53 bits per heavy atom. The van der Waals surface area contributed by atoms with Crippen LogP contribution in [0.15, 0.2) is 12.1 Å². The molecule has 2 heterocycles. The largest absolute Gasteiger partial charge is 0.478 e. The molecular weight excluding hydrogens is 260 g/mol. The molecule has 0 unspecified atom stereocenters.